The number of nitrogens with zero attached hydrogens (tertiary/aromatic N) is 4. The van der Waals surface area contributed by atoms with E-state index in [9.17, 15) is 5.11 Å². The van der Waals surface area contributed by atoms with Crippen LogP contribution in [0.5, 0.6) is 0 Å². The number of hydrogen-bond donors (Lipinski definition) is 2. The van der Waals surface area contributed by atoms with Crippen molar-refractivity contribution in [2.24, 2.45) is 0 Å². The van der Waals surface area contributed by atoms with Gasteiger partial charge in [0.25, 0.3) is 0 Å². The first-order chi connectivity index (χ1) is 14.5. The predicted octanol–water partition coefficient (Wildman–Crippen LogP) is 3.55. The molecule has 0 spiro atoms. The summed E-state index contributed by atoms with van der Waals surface area (Å²) in [6.45, 7) is 7.09. The predicted molar refractivity (Wildman–Crippen MR) is 122 cm³/mol. The maximum Gasteiger partial charge on any atom is 0.170 e. The molecule has 1 saturated heterocycles. The largest absolute Gasteiger partial charge is 0.396 e. The Morgan fingerprint density at radius 2 is 1.97 bits per heavy atom. The highest BCUT2D eigenvalue weighted by atomic mass is 32.1. The highest BCUT2D eigenvalue weighted by Gasteiger charge is 2.41. The van der Waals surface area contributed by atoms with Crippen LogP contribution >= 0.6 is 12.2 Å². The topological polar surface area (TPSA) is 66.2 Å². The van der Waals surface area contributed by atoms with Gasteiger partial charge in [-0.15, -0.1) is 0 Å². The fourth-order valence-corrected chi connectivity index (χ4v) is 4.59. The zero-order valence-electron chi connectivity index (χ0n) is 17.5. The van der Waals surface area contributed by atoms with Crippen LogP contribution in [0.25, 0.3) is 5.82 Å². The first-order valence-electron chi connectivity index (χ1n) is 10.2. The van der Waals surface area contributed by atoms with E-state index in [2.05, 4.69) is 56.8 Å². The van der Waals surface area contributed by atoms with Crippen molar-refractivity contribution in [2.45, 2.75) is 39.3 Å². The lowest BCUT2D eigenvalue weighted by atomic mass is 9.96. The minimum absolute atomic E-state index is 0.00986. The molecule has 0 unspecified atom stereocenters. The molecule has 1 fully saturated rings. The lowest BCUT2D eigenvalue weighted by Gasteiger charge is -2.28. The van der Waals surface area contributed by atoms with Crippen molar-refractivity contribution in [3.63, 3.8) is 0 Å². The Labute approximate surface area is 182 Å². The second kappa shape index (κ2) is 8.53. The van der Waals surface area contributed by atoms with Crippen LogP contribution in [0.1, 0.15) is 46.7 Å². The quantitative estimate of drug-likeness (QED) is 0.594. The number of aliphatic hydroxyl groups is 1. The molecule has 1 aliphatic heterocycles. The molecule has 6 nitrogen and oxygen atoms in total. The van der Waals surface area contributed by atoms with Crippen molar-refractivity contribution in [2.75, 3.05) is 13.2 Å². The van der Waals surface area contributed by atoms with E-state index in [4.69, 9.17) is 12.2 Å². The lowest BCUT2D eigenvalue weighted by Crippen LogP contribution is -2.31. The van der Waals surface area contributed by atoms with Crippen LogP contribution in [0.2, 0.25) is 0 Å². The molecule has 3 aromatic rings. The van der Waals surface area contributed by atoms with E-state index in [0.29, 0.717) is 18.1 Å². The number of aryl methyl sites for hydroxylation is 2. The smallest absolute Gasteiger partial charge is 0.170 e. The van der Waals surface area contributed by atoms with Crippen LogP contribution in [-0.2, 0) is 0 Å². The number of pyridine rings is 2. The van der Waals surface area contributed by atoms with E-state index in [0.717, 1.165) is 28.5 Å². The molecule has 156 valence electrons. The fourth-order valence-electron chi connectivity index (χ4n) is 4.26. The molecule has 4 rings (SSSR count). The van der Waals surface area contributed by atoms with Gasteiger partial charge >= 0.3 is 0 Å². The van der Waals surface area contributed by atoms with E-state index in [1.54, 1.807) is 0 Å². The van der Waals surface area contributed by atoms with Gasteiger partial charge in [-0.25, -0.2) is 4.98 Å². The molecule has 7 heteroatoms. The Morgan fingerprint density at radius 1 is 1.13 bits per heavy atom. The fraction of sp³-hybridized carbons (Fsp3) is 0.348. The summed E-state index contributed by atoms with van der Waals surface area (Å²) in [6, 6.07) is 12.2. The minimum atomic E-state index is -0.0580. The summed E-state index contributed by atoms with van der Waals surface area (Å²) in [5.41, 5.74) is 5.54. The van der Waals surface area contributed by atoms with Gasteiger partial charge in [-0.2, -0.15) is 0 Å². The van der Waals surface area contributed by atoms with Gasteiger partial charge in [0, 0.05) is 36.9 Å². The minimum Gasteiger partial charge on any atom is -0.396 e. The van der Waals surface area contributed by atoms with Crippen molar-refractivity contribution in [3.8, 4) is 5.82 Å². The van der Waals surface area contributed by atoms with Crippen LogP contribution in [0, 0.1) is 20.8 Å². The standard InChI is InChI=1S/C23H27N5OS/c1-15-8-9-20(25-14-15)28-16(2)13-18(17(28)3)22-21(19-7-4-5-10-24-19)26-23(30)27(22)11-6-12-29/h4-5,7-10,13-14,21-22,29H,6,11-12H2,1-3H3,(H,26,30)/t21-,22-/m1/s1. The highest BCUT2D eigenvalue weighted by Crippen LogP contribution is 2.41. The Kier molecular flexibility index (Phi) is 5.83. The second-order valence-electron chi connectivity index (χ2n) is 7.75. The van der Waals surface area contributed by atoms with Crippen molar-refractivity contribution < 1.29 is 5.11 Å². The molecule has 3 aromatic heterocycles. The van der Waals surface area contributed by atoms with Crippen molar-refractivity contribution >= 4 is 17.3 Å². The molecule has 30 heavy (non-hydrogen) atoms. The van der Waals surface area contributed by atoms with Gasteiger partial charge < -0.3 is 19.9 Å². The van der Waals surface area contributed by atoms with Crippen LogP contribution in [-0.4, -0.2) is 42.8 Å². The Morgan fingerprint density at radius 3 is 2.63 bits per heavy atom. The molecule has 0 amide bonds. The summed E-state index contributed by atoms with van der Waals surface area (Å²) in [5, 5.41) is 13.6. The Bertz CT molecular complexity index is 1030. The highest BCUT2D eigenvalue weighted by molar-refractivity contribution is 7.80. The molecule has 4 heterocycles. The van der Waals surface area contributed by atoms with Crippen molar-refractivity contribution in [3.05, 3.63) is 77.0 Å². The first-order valence-corrected chi connectivity index (χ1v) is 10.6. The molecular weight excluding hydrogens is 394 g/mol. The monoisotopic (exact) mass is 421 g/mol. The number of nitrogens with one attached hydrogen (secondary N) is 1. The SMILES string of the molecule is Cc1ccc(-n2c(C)cc([C@@H]3[C@@H](c4ccccn4)NC(=S)N3CCCO)c2C)nc1. The number of aliphatic hydroxyl groups excluding tert-OH is 1. The van der Waals surface area contributed by atoms with Crippen LogP contribution in [0.3, 0.4) is 0 Å². The maximum absolute atomic E-state index is 9.41. The number of hydrogen-bond acceptors (Lipinski definition) is 4. The lowest BCUT2D eigenvalue weighted by molar-refractivity contribution is 0.247. The number of rotatable bonds is 6. The van der Waals surface area contributed by atoms with Gasteiger partial charge in [-0.3, -0.25) is 4.98 Å². The van der Waals surface area contributed by atoms with E-state index < -0.39 is 0 Å². The average molecular weight is 422 g/mol. The van der Waals surface area contributed by atoms with Gasteiger partial charge in [-0.05, 0) is 74.8 Å². The summed E-state index contributed by atoms with van der Waals surface area (Å²) in [4.78, 5) is 11.4. The molecule has 0 radical (unpaired) electrons. The van der Waals surface area contributed by atoms with Gasteiger partial charge in [0.2, 0.25) is 0 Å². The molecule has 2 N–H and O–H groups in total. The summed E-state index contributed by atoms with van der Waals surface area (Å²) in [6.07, 6.45) is 4.36. The van der Waals surface area contributed by atoms with E-state index in [1.165, 1.54) is 5.56 Å². The molecule has 0 aromatic carbocycles. The average Bonchev–Trinajstić information content (AvgIpc) is 3.23. The van der Waals surface area contributed by atoms with Crippen LogP contribution in [0.4, 0.5) is 0 Å². The third-order valence-electron chi connectivity index (χ3n) is 5.67. The molecule has 2 atom stereocenters. The summed E-state index contributed by atoms with van der Waals surface area (Å²) in [7, 11) is 0. The Balaban J connectivity index is 1.81. The third-order valence-corrected chi connectivity index (χ3v) is 6.02. The first kappa shape index (κ1) is 20.5. The summed E-state index contributed by atoms with van der Waals surface area (Å²) >= 11 is 5.68. The normalized spacial score (nSPS) is 18.7. The van der Waals surface area contributed by atoms with Gasteiger partial charge in [0.15, 0.2) is 5.11 Å². The number of aromatic nitrogens is 3. The van der Waals surface area contributed by atoms with Gasteiger partial charge in [0.05, 0.1) is 17.8 Å². The molecule has 0 aliphatic carbocycles. The van der Waals surface area contributed by atoms with Crippen LogP contribution in [0.15, 0.2) is 48.8 Å². The molecule has 1 aliphatic rings. The third kappa shape index (κ3) is 3.70. The number of thiocarbonyl (C=S) groups is 1. The molecular formula is C23H27N5OS. The van der Waals surface area contributed by atoms with Crippen molar-refractivity contribution in [1.29, 1.82) is 0 Å². The molecule has 0 bridgehead atoms. The zero-order valence-corrected chi connectivity index (χ0v) is 18.4. The van der Waals surface area contributed by atoms with Gasteiger partial charge in [0.1, 0.15) is 5.82 Å². The van der Waals surface area contributed by atoms with Crippen molar-refractivity contribution in [1.82, 2.24) is 24.8 Å². The van der Waals surface area contributed by atoms with Gasteiger partial charge in [-0.1, -0.05) is 12.1 Å². The van der Waals surface area contributed by atoms with E-state index in [1.807, 2.05) is 37.5 Å². The van der Waals surface area contributed by atoms with E-state index >= 15 is 0 Å². The zero-order chi connectivity index (χ0) is 21.3. The maximum atomic E-state index is 9.41. The molecule has 0 saturated carbocycles. The van der Waals surface area contributed by atoms with Crippen LogP contribution < -0.4 is 5.32 Å². The van der Waals surface area contributed by atoms with E-state index in [-0.39, 0.29) is 18.7 Å². The second-order valence-corrected chi connectivity index (χ2v) is 8.14. The summed E-state index contributed by atoms with van der Waals surface area (Å²) < 4.78 is 2.19. The Hall–Kier alpha value is -2.77. The summed E-state index contributed by atoms with van der Waals surface area (Å²) in [5.74, 6) is 0.909.